The molecule has 0 aliphatic rings. The monoisotopic (exact) mass is 481 g/mol. The summed E-state index contributed by atoms with van der Waals surface area (Å²) in [7, 11) is 0. The van der Waals surface area contributed by atoms with Crippen molar-refractivity contribution in [2.45, 2.75) is 62.9 Å². The number of unbranched alkanes of at least 4 members (excludes halogenated alkanes) is 1. The van der Waals surface area contributed by atoms with E-state index in [4.69, 9.17) is 11.5 Å². The Balaban J connectivity index is 2.80. The third-order valence-electron chi connectivity index (χ3n) is 5.08. The largest absolute Gasteiger partial charge is 0.480 e. The van der Waals surface area contributed by atoms with E-state index in [1.807, 2.05) is 0 Å². The van der Waals surface area contributed by atoms with E-state index in [0.29, 0.717) is 31.4 Å². The second kappa shape index (κ2) is 15.0. The third kappa shape index (κ3) is 9.83. The number of aliphatic carboxylic acids is 1. The molecule has 1 aromatic rings. The molecule has 0 fully saturated rings. The van der Waals surface area contributed by atoms with Crippen molar-refractivity contribution in [2.75, 3.05) is 13.2 Å². The molecule has 0 saturated carbocycles. The van der Waals surface area contributed by atoms with Crippen molar-refractivity contribution in [3.63, 3.8) is 0 Å². The highest BCUT2D eigenvalue weighted by atomic mass is 16.4. The minimum absolute atomic E-state index is 0.0141. The maximum atomic E-state index is 12.7. The number of carbonyl (C=O) groups is 4. The average Bonchev–Trinajstić information content (AvgIpc) is 2.80. The summed E-state index contributed by atoms with van der Waals surface area (Å²) in [5.41, 5.74) is 11.8. The summed E-state index contributed by atoms with van der Waals surface area (Å²) < 4.78 is 0. The summed E-state index contributed by atoms with van der Waals surface area (Å²) in [4.78, 5) is 49.1. The van der Waals surface area contributed by atoms with Gasteiger partial charge in [0, 0.05) is 6.42 Å². The van der Waals surface area contributed by atoms with Gasteiger partial charge in [0.2, 0.25) is 17.7 Å². The van der Waals surface area contributed by atoms with Crippen LogP contribution in [0.2, 0.25) is 0 Å². The van der Waals surface area contributed by atoms with Crippen LogP contribution in [-0.4, -0.2) is 82.4 Å². The van der Waals surface area contributed by atoms with Crippen LogP contribution in [0.4, 0.5) is 0 Å². The molecule has 5 unspecified atom stereocenters. The molecule has 10 N–H and O–H groups in total. The fraction of sp³-hybridized carbons (Fsp3) is 0.545. The van der Waals surface area contributed by atoms with Crippen LogP contribution < -0.4 is 27.4 Å². The molecule has 0 radical (unpaired) electrons. The number of carbonyl (C=O) groups excluding carboxylic acids is 3. The number of carboxylic acid groups (broad SMARTS) is 1. The maximum absolute atomic E-state index is 12.7. The minimum atomic E-state index is -1.53. The molecular formula is C22H35N5O7. The highest BCUT2D eigenvalue weighted by Crippen LogP contribution is 2.05. The van der Waals surface area contributed by atoms with Crippen molar-refractivity contribution >= 4 is 23.7 Å². The van der Waals surface area contributed by atoms with Crippen molar-refractivity contribution in [3.8, 4) is 0 Å². The Hall–Kier alpha value is -3.06. The first-order valence-electron chi connectivity index (χ1n) is 11.0. The lowest BCUT2D eigenvalue weighted by molar-refractivity contribution is -0.143. The van der Waals surface area contributed by atoms with Crippen LogP contribution in [0, 0.1) is 0 Å². The lowest BCUT2D eigenvalue weighted by atomic mass is 10.0. The van der Waals surface area contributed by atoms with Crippen LogP contribution in [0.25, 0.3) is 0 Å². The van der Waals surface area contributed by atoms with Gasteiger partial charge in [-0.15, -0.1) is 0 Å². The first kappa shape index (κ1) is 29.0. The van der Waals surface area contributed by atoms with Gasteiger partial charge >= 0.3 is 5.97 Å². The van der Waals surface area contributed by atoms with Crippen LogP contribution >= 0.6 is 0 Å². The number of benzene rings is 1. The molecule has 3 amide bonds. The van der Waals surface area contributed by atoms with Gasteiger partial charge in [-0.05, 0) is 31.9 Å². The molecule has 0 aromatic heterocycles. The first-order chi connectivity index (χ1) is 16.1. The van der Waals surface area contributed by atoms with Gasteiger partial charge < -0.3 is 42.7 Å². The summed E-state index contributed by atoms with van der Waals surface area (Å²) in [6, 6.07) is 3.42. The molecule has 12 heteroatoms. The van der Waals surface area contributed by atoms with Crippen molar-refractivity contribution in [1.29, 1.82) is 0 Å². The number of rotatable bonds is 15. The molecule has 0 heterocycles. The minimum Gasteiger partial charge on any atom is -0.480 e. The molecule has 0 saturated heterocycles. The molecule has 0 aliphatic carbocycles. The summed E-state index contributed by atoms with van der Waals surface area (Å²) in [5, 5.41) is 35.9. The summed E-state index contributed by atoms with van der Waals surface area (Å²) in [6.07, 6.45) is 0.208. The van der Waals surface area contributed by atoms with Gasteiger partial charge in [-0.25, -0.2) is 4.79 Å². The fourth-order valence-corrected chi connectivity index (χ4v) is 3.08. The van der Waals surface area contributed by atoms with Crippen molar-refractivity contribution in [1.82, 2.24) is 16.0 Å². The third-order valence-corrected chi connectivity index (χ3v) is 5.08. The zero-order valence-electron chi connectivity index (χ0n) is 19.1. The number of hydrogen-bond acceptors (Lipinski definition) is 8. The van der Waals surface area contributed by atoms with Crippen LogP contribution in [0.1, 0.15) is 31.7 Å². The zero-order valence-corrected chi connectivity index (χ0v) is 19.1. The normalized spacial score (nSPS) is 15.3. The SMILES string of the molecule is CC(O)C(NC(=O)C(CO)NC(=O)C(N)CCCCN)C(=O)NC(Cc1ccccc1)C(=O)O. The zero-order chi connectivity index (χ0) is 25.7. The van der Waals surface area contributed by atoms with Gasteiger partial charge in [0.1, 0.15) is 18.1 Å². The summed E-state index contributed by atoms with van der Waals surface area (Å²) >= 11 is 0. The van der Waals surface area contributed by atoms with Crippen LogP contribution in [0.5, 0.6) is 0 Å². The number of carboxylic acids is 1. The smallest absolute Gasteiger partial charge is 0.326 e. The van der Waals surface area contributed by atoms with Gasteiger partial charge in [0.05, 0.1) is 18.8 Å². The first-order valence-corrected chi connectivity index (χ1v) is 11.0. The van der Waals surface area contributed by atoms with E-state index >= 15 is 0 Å². The predicted molar refractivity (Wildman–Crippen MR) is 123 cm³/mol. The lowest BCUT2D eigenvalue weighted by Gasteiger charge is -2.26. The Bertz CT molecular complexity index is 806. The second-order valence-corrected chi connectivity index (χ2v) is 7.95. The Morgan fingerprint density at radius 2 is 1.56 bits per heavy atom. The standard InChI is InChI=1S/C22H35N5O7/c1-13(29)18(21(32)25-16(22(33)34)11-14-7-3-2-4-8-14)27-20(31)17(12-28)26-19(30)15(24)9-5-6-10-23/h2-4,7-8,13,15-18,28-29H,5-6,9-12,23-24H2,1H3,(H,25,32)(H,26,30)(H,27,31)(H,33,34). The maximum Gasteiger partial charge on any atom is 0.326 e. The van der Waals surface area contributed by atoms with Crippen molar-refractivity contribution in [2.24, 2.45) is 11.5 Å². The molecule has 1 aromatic carbocycles. The van der Waals surface area contributed by atoms with Crippen LogP contribution in [0.15, 0.2) is 30.3 Å². The van der Waals surface area contributed by atoms with E-state index in [9.17, 15) is 34.5 Å². The molecule has 1 rings (SSSR count). The van der Waals surface area contributed by atoms with Gasteiger partial charge in [0.15, 0.2) is 0 Å². The van der Waals surface area contributed by atoms with E-state index in [1.54, 1.807) is 30.3 Å². The second-order valence-electron chi connectivity index (χ2n) is 7.95. The molecular weight excluding hydrogens is 446 g/mol. The molecule has 12 nitrogen and oxygen atoms in total. The molecule has 34 heavy (non-hydrogen) atoms. The topological polar surface area (TPSA) is 217 Å². The molecule has 5 atom stereocenters. The van der Waals surface area contributed by atoms with E-state index in [-0.39, 0.29) is 6.42 Å². The predicted octanol–water partition coefficient (Wildman–Crippen LogP) is -2.40. The van der Waals surface area contributed by atoms with E-state index in [0.717, 1.165) is 0 Å². The highest BCUT2D eigenvalue weighted by Gasteiger charge is 2.32. The van der Waals surface area contributed by atoms with Crippen molar-refractivity contribution in [3.05, 3.63) is 35.9 Å². The Kier molecular flexibility index (Phi) is 12.7. The summed E-state index contributed by atoms with van der Waals surface area (Å²) in [5.74, 6) is -3.84. The fourth-order valence-electron chi connectivity index (χ4n) is 3.08. The lowest BCUT2D eigenvalue weighted by Crippen LogP contribution is -2.60. The van der Waals surface area contributed by atoms with Crippen LogP contribution in [-0.2, 0) is 25.6 Å². The number of nitrogens with one attached hydrogen (secondary N) is 3. The van der Waals surface area contributed by atoms with E-state index in [2.05, 4.69) is 16.0 Å². The number of hydrogen-bond donors (Lipinski definition) is 8. The van der Waals surface area contributed by atoms with Gasteiger partial charge in [-0.2, -0.15) is 0 Å². The Morgan fingerprint density at radius 3 is 2.09 bits per heavy atom. The van der Waals surface area contributed by atoms with Gasteiger partial charge in [0.25, 0.3) is 0 Å². The average molecular weight is 482 g/mol. The van der Waals surface area contributed by atoms with Crippen molar-refractivity contribution < 1.29 is 34.5 Å². The molecule has 0 bridgehead atoms. The number of aliphatic hydroxyl groups is 2. The number of nitrogens with two attached hydrogens (primary N) is 2. The summed E-state index contributed by atoms with van der Waals surface area (Å²) in [6.45, 7) is 0.900. The van der Waals surface area contributed by atoms with E-state index < -0.39 is 60.6 Å². The molecule has 0 aliphatic heterocycles. The van der Waals surface area contributed by atoms with Gasteiger partial charge in [-0.3, -0.25) is 14.4 Å². The highest BCUT2D eigenvalue weighted by molar-refractivity contribution is 5.94. The molecule has 190 valence electrons. The quantitative estimate of drug-likeness (QED) is 0.125. The van der Waals surface area contributed by atoms with E-state index in [1.165, 1.54) is 6.92 Å². The number of amides is 3. The Morgan fingerprint density at radius 1 is 0.941 bits per heavy atom. The van der Waals surface area contributed by atoms with Gasteiger partial charge in [-0.1, -0.05) is 36.8 Å². The number of aliphatic hydroxyl groups excluding tert-OH is 2. The molecule has 0 spiro atoms. The Labute approximate surface area is 198 Å². The van der Waals surface area contributed by atoms with Crippen LogP contribution in [0.3, 0.4) is 0 Å².